The topological polar surface area (TPSA) is 532 Å². The standard InChI is InChI=1S/C89H168ClN21O26/c1-86(2,3)134-82(112)99-33-21-45-124-57-69-130-65-53-120-41-17-29-95-78-106-76(107-79(110-78)96-30-18-42-121-54-66-131-70-58-125-46-22-34-100-83(113)135-87(4,5)6)93-27-15-39-118-51-63-128-61-49-116-37-13-25-91-74-103-73(90)104-75(105-74)92-26-14-38-117-50-62-129-64-52-119-40-16-28-94-77-108-80(97-31-19-43-122-55-67-132-71-59-126-47-23-35-101-84(114)136-88(7,8)9)111-81(109-77)98-32-20-44-123-56-68-133-72-60-127-48-24-36-102-85(115)137-89(10,11)12/h13-72H2,1-12H3,(H,99,112)(H,100,113)(H,101,114)(H,102,115)(H2,91,92,103,104,105)(H3,93,95,96,106,107,110)(H3,94,97,98,108,109,111). The lowest BCUT2D eigenvalue weighted by atomic mass is 10.2. The van der Waals surface area contributed by atoms with Crippen LogP contribution in [0.5, 0.6) is 0 Å². The number of hydrogen-bond acceptors (Lipinski definition) is 43. The summed E-state index contributed by atoms with van der Waals surface area (Å²) >= 11 is 6.24. The van der Waals surface area contributed by atoms with Gasteiger partial charge in [-0.3, -0.25) is 0 Å². The number of carbonyl (C=O) groups excluding carboxylic acids is 4. The fraction of sp³-hybridized carbons (Fsp3) is 0.854. The lowest BCUT2D eigenvalue weighted by molar-refractivity contribution is 0.0138. The number of nitrogens with zero attached hydrogens (tertiary/aromatic N) is 9. The van der Waals surface area contributed by atoms with Crippen LogP contribution in [0, 0.1) is 0 Å². The van der Waals surface area contributed by atoms with Gasteiger partial charge >= 0.3 is 24.4 Å². The quantitative estimate of drug-likeness (QED) is 0.0186. The van der Waals surface area contributed by atoms with Gasteiger partial charge in [0.2, 0.25) is 52.9 Å². The number of ether oxygens (including phenoxy) is 22. The maximum Gasteiger partial charge on any atom is 0.407 e. The minimum Gasteiger partial charge on any atom is -0.444 e. The number of amides is 4. The predicted molar refractivity (Wildman–Crippen MR) is 520 cm³/mol. The summed E-state index contributed by atoms with van der Waals surface area (Å²) < 4.78 is 124. The molecule has 0 aliphatic carbocycles. The summed E-state index contributed by atoms with van der Waals surface area (Å²) in [6.45, 7) is 44.8. The molecule has 0 bridgehead atoms. The molecule has 3 aromatic heterocycles. The average molecular weight is 1980 g/mol. The fourth-order valence-electron chi connectivity index (χ4n) is 10.7. The minimum atomic E-state index is -0.537. The van der Waals surface area contributed by atoms with Crippen molar-refractivity contribution in [3.63, 3.8) is 0 Å². The molecule has 137 heavy (non-hydrogen) atoms. The van der Waals surface area contributed by atoms with Gasteiger partial charge in [-0.2, -0.15) is 44.9 Å². The first-order valence-corrected chi connectivity index (χ1v) is 48.7. The molecule has 0 aliphatic heterocycles. The fourth-order valence-corrected chi connectivity index (χ4v) is 10.9. The van der Waals surface area contributed by atoms with E-state index in [4.69, 9.17) is 116 Å². The van der Waals surface area contributed by atoms with Crippen molar-refractivity contribution in [3.05, 3.63) is 5.28 Å². The first kappa shape index (κ1) is 123. The molecule has 0 atom stereocenters. The van der Waals surface area contributed by atoms with Gasteiger partial charge in [-0.25, -0.2) is 19.2 Å². The Balaban J connectivity index is 1.23. The van der Waals surface area contributed by atoms with Gasteiger partial charge in [0.05, 0.1) is 159 Å². The van der Waals surface area contributed by atoms with Gasteiger partial charge in [0.1, 0.15) is 22.4 Å². The molecule has 4 amide bonds. The van der Waals surface area contributed by atoms with Crippen LogP contribution in [0.3, 0.4) is 0 Å². The summed E-state index contributed by atoms with van der Waals surface area (Å²) in [4.78, 5) is 87.6. The van der Waals surface area contributed by atoms with Gasteiger partial charge in [0.25, 0.3) is 0 Å². The van der Waals surface area contributed by atoms with Gasteiger partial charge in [-0.05, 0) is 172 Å². The van der Waals surface area contributed by atoms with E-state index < -0.39 is 46.8 Å². The van der Waals surface area contributed by atoms with Crippen LogP contribution in [-0.4, -0.2) is 408 Å². The number of nitrogens with one attached hydrogen (secondary N) is 12. The molecule has 3 rings (SSSR count). The summed E-state index contributed by atoms with van der Waals surface area (Å²) in [6, 6.07) is 0. The van der Waals surface area contributed by atoms with Crippen molar-refractivity contribution in [3.8, 4) is 0 Å². The van der Waals surface area contributed by atoms with E-state index in [0.717, 1.165) is 0 Å². The highest BCUT2D eigenvalue weighted by molar-refractivity contribution is 6.28. The summed E-state index contributed by atoms with van der Waals surface area (Å²) in [5.41, 5.74) is -2.15. The van der Waals surface area contributed by atoms with Gasteiger partial charge in [-0.1, -0.05) is 0 Å². The molecule has 0 radical (unpaired) electrons. The monoisotopic (exact) mass is 1980 g/mol. The van der Waals surface area contributed by atoms with E-state index in [-0.39, 0.29) is 5.28 Å². The minimum absolute atomic E-state index is 0.0671. The van der Waals surface area contributed by atoms with Crippen LogP contribution < -0.4 is 63.8 Å². The zero-order valence-electron chi connectivity index (χ0n) is 83.9. The molecular formula is C89H168ClN21O26. The van der Waals surface area contributed by atoms with Crippen molar-refractivity contribution in [1.29, 1.82) is 0 Å². The smallest absolute Gasteiger partial charge is 0.407 e. The van der Waals surface area contributed by atoms with E-state index in [1.54, 1.807) is 0 Å². The molecular weight excluding hydrogens is 1810 g/mol. The molecule has 12 N–H and O–H groups in total. The highest BCUT2D eigenvalue weighted by Crippen LogP contribution is 2.16. The molecule has 3 heterocycles. The zero-order chi connectivity index (χ0) is 99.3. The van der Waals surface area contributed by atoms with Crippen LogP contribution in [0.15, 0.2) is 0 Å². The Labute approximate surface area is 816 Å². The molecule has 0 saturated heterocycles. The van der Waals surface area contributed by atoms with E-state index >= 15 is 0 Å². The summed E-state index contributed by atoms with van der Waals surface area (Å²) in [6.07, 6.45) is 6.52. The summed E-state index contributed by atoms with van der Waals surface area (Å²) in [5.74, 6) is 3.22. The predicted octanol–water partition coefficient (Wildman–Crippen LogP) is 8.67. The normalized spacial score (nSPS) is 11.7. The van der Waals surface area contributed by atoms with Gasteiger partial charge in [-0.15, -0.1) is 0 Å². The lowest BCUT2D eigenvalue weighted by Gasteiger charge is -2.19. The second kappa shape index (κ2) is 82.8. The van der Waals surface area contributed by atoms with Crippen molar-refractivity contribution >= 4 is 83.6 Å². The zero-order valence-corrected chi connectivity index (χ0v) is 84.7. The molecule has 0 fully saturated rings. The first-order chi connectivity index (χ1) is 66.2. The average Bonchev–Trinajstić information content (AvgIpc) is 0.856. The van der Waals surface area contributed by atoms with Crippen LogP contribution >= 0.6 is 11.6 Å². The highest BCUT2D eigenvalue weighted by Gasteiger charge is 2.20. The van der Waals surface area contributed by atoms with Crippen molar-refractivity contribution in [2.45, 2.75) is 183 Å². The Morgan fingerprint density at radius 1 is 0.182 bits per heavy atom. The Hall–Kier alpha value is -7.92. The third-order valence-corrected chi connectivity index (χ3v) is 17.0. The molecule has 47 nitrogen and oxygen atoms in total. The third-order valence-electron chi connectivity index (χ3n) is 16.9. The van der Waals surface area contributed by atoms with Crippen molar-refractivity contribution < 1.29 is 123 Å². The van der Waals surface area contributed by atoms with E-state index in [9.17, 15) is 19.2 Å². The second-order valence-corrected chi connectivity index (χ2v) is 34.6. The van der Waals surface area contributed by atoms with Crippen LogP contribution in [0.25, 0.3) is 0 Å². The largest absolute Gasteiger partial charge is 0.444 e. The van der Waals surface area contributed by atoms with Gasteiger partial charge in [0, 0.05) is 158 Å². The molecule has 0 aromatic carbocycles. The number of halogens is 1. The Morgan fingerprint density at radius 2 is 0.292 bits per heavy atom. The van der Waals surface area contributed by atoms with Gasteiger partial charge in [0.15, 0.2) is 0 Å². The second-order valence-electron chi connectivity index (χ2n) is 34.3. The third kappa shape index (κ3) is 83.6. The Bertz CT molecular complexity index is 3060. The van der Waals surface area contributed by atoms with Crippen molar-refractivity contribution in [2.75, 3.05) is 359 Å². The van der Waals surface area contributed by atoms with E-state index in [2.05, 4.69) is 109 Å². The van der Waals surface area contributed by atoms with Gasteiger partial charge < -0.3 is 168 Å². The molecule has 0 unspecified atom stereocenters. The number of aromatic nitrogens is 9. The molecule has 792 valence electrons. The van der Waals surface area contributed by atoms with Crippen LogP contribution in [0.4, 0.5) is 66.8 Å². The van der Waals surface area contributed by atoms with Crippen molar-refractivity contribution in [1.82, 2.24) is 66.1 Å². The summed E-state index contributed by atoms with van der Waals surface area (Å²) in [5, 5.41) is 37.0. The van der Waals surface area contributed by atoms with E-state index in [1.807, 2.05) is 83.1 Å². The highest BCUT2D eigenvalue weighted by atomic mass is 35.5. The number of alkyl carbamates (subject to hydrolysis) is 4. The number of hydrogen-bond donors (Lipinski definition) is 12. The molecule has 0 spiro atoms. The Morgan fingerprint density at radius 3 is 0.416 bits per heavy atom. The number of rotatable bonds is 92. The van der Waals surface area contributed by atoms with Crippen molar-refractivity contribution in [2.24, 2.45) is 0 Å². The SMILES string of the molecule is CC(C)(C)OC(=O)NCCCOCCOCCOCCCNc1nc(NCCCOCCOCCOCCCNC(=O)OC(C)(C)C)nc(NCCCOCCOCCOCCCNc2nc(Cl)nc(NCCCOCCOCCOCCCNc3nc(NCCCOCCOCCOCCCNC(=O)OC(C)(C)C)nc(NCCCOCCOCCOCCCNC(=O)OC(C)(C)C)n3)n2)n1. The number of carbonyl (C=O) groups is 4. The maximum atomic E-state index is 11.8. The molecule has 48 heteroatoms. The summed E-state index contributed by atoms with van der Waals surface area (Å²) in [7, 11) is 0. The maximum absolute atomic E-state index is 11.8. The molecule has 0 saturated carbocycles. The first-order valence-electron chi connectivity index (χ1n) is 48.3. The van der Waals surface area contributed by atoms with E-state index in [1.165, 1.54) is 0 Å². The number of anilines is 8. The molecule has 0 aliphatic rings. The van der Waals surface area contributed by atoms with E-state index in [0.29, 0.717) is 441 Å². The lowest BCUT2D eigenvalue weighted by Crippen LogP contribution is -2.33. The molecule has 3 aromatic rings. The van der Waals surface area contributed by atoms with Crippen LogP contribution in [0.2, 0.25) is 5.28 Å². The Kier molecular flexibility index (Phi) is 74.5. The van der Waals surface area contributed by atoms with Crippen LogP contribution in [0.1, 0.15) is 160 Å². The van der Waals surface area contributed by atoms with Crippen LogP contribution in [-0.2, 0) is 104 Å².